The standard InChI is InChI=1S/C20H18N4S/c1-12(2)13-5-3-6-14(11-13)18-19(25-20(21)24-18)17-9-8-15-16(23-17)7-4-10-22-15/h3-12H,1-2H3,(H2,21,24). The molecular weight excluding hydrogens is 328 g/mol. The summed E-state index contributed by atoms with van der Waals surface area (Å²) in [6.45, 7) is 4.38. The Morgan fingerprint density at radius 3 is 2.68 bits per heavy atom. The summed E-state index contributed by atoms with van der Waals surface area (Å²) in [5.41, 5.74) is 11.9. The van der Waals surface area contributed by atoms with Crippen LogP contribution in [0.25, 0.3) is 32.9 Å². The van der Waals surface area contributed by atoms with E-state index < -0.39 is 0 Å². The fourth-order valence-electron chi connectivity index (χ4n) is 2.83. The minimum atomic E-state index is 0.462. The molecule has 25 heavy (non-hydrogen) atoms. The van der Waals surface area contributed by atoms with Gasteiger partial charge < -0.3 is 5.73 Å². The van der Waals surface area contributed by atoms with Crippen LogP contribution in [0.1, 0.15) is 25.3 Å². The molecule has 5 heteroatoms. The predicted molar refractivity (Wildman–Crippen MR) is 105 cm³/mol. The smallest absolute Gasteiger partial charge is 0.181 e. The van der Waals surface area contributed by atoms with Crippen LogP contribution in [0.4, 0.5) is 5.13 Å². The van der Waals surface area contributed by atoms with Crippen molar-refractivity contribution >= 4 is 27.5 Å². The van der Waals surface area contributed by atoms with Gasteiger partial charge in [0.05, 0.1) is 27.3 Å². The van der Waals surface area contributed by atoms with Gasteiger partial charge in [0.1, 0.15) is 0 Å². The number of fused-ring (bicyclic) bond motifs is 1. The number of anilines is 1. The third kappa shape index (κ3) is 2.98. The Labute approximate surface area is 150 Å². The highest BCUT2D eigenvalue weighted by molar-refractivity contribution is 7.19. The fraction of sp³-hybridized carbons (Fsp3) is 0.150. The van der Waals surface area contributed by atoms with E-state index in [0.717, 1.165) is 32.9 Å². The second kappa shape index (κ2) is 6.26. The van der Waals surface area contributed by atoms with Gasteiger partial charge in [0.2, 0.25) is 0 Å². The summed E-state index contributed by atoms with van der Waals surface area (Å²) in [5.74, 6) is 0.462. The minimum absolute atomic E-state index is 0.462. The largest absolute Gasteiger partial charge is 0.375 e. The van der Waals surface area contributed by atoms with Crippen LogP contribution in [-0.2, 0) is 0 Å². The molecule has 0 amide bonds. The molecule has 0 unspecified atom stereocenters. The molecule has 0 fully saturated rings. The zero-order valence-electron chi connectivity index (χ0n) is 14.1. The van der Waals surface area contributed by atoms with Crippen molar-refractivity contribution in [1.82, 2.24) is 15.0 Å². The van der Waals surface area contributed by atoms with Crippen molar-refractivity contribution in [2.75, 3.05) is 5.73 Å². The van der Waals surface area contributed by atoms with E-state index in [2.05, 4.69) is 48.1 Å². The van der Waals surface area contributed by atoms with Crippen molar-refractivity contribution in [2.45, 2.75) is 19.8 Å². The van der Waals surface area contributed by atoms with Crippen molar-refractivity contribution < 1.29 is 0 Å². The van der Waals surface area contributed by atoms with Gasteiger partial charge in [-0.05, 0) is 41.8 Å². The molecule has 0 radical (unpaired) electrons. The molecule has 2 N–H and O–H groups in total. The molecule has 4 aromatic rings. The lowest BCUT2D eigenvalue weighted by Gasteiger charge is -2.08. The van der Waals surface area contributed by atoms with Crippen LogP contribution in [0.3, 0.4) is 0 Å². The van der Waals surface area contributed by atoms with E-state index in [9.17, 15) is 0 Å². The fourth-order valence-corrected chi connectivity index (χ4v) is 3.66. The second-order valence-electron chi connectivity index (χ2n) is 6.25. The number of nitrogens with zero attached hydrogens (tertiary/aromatic N) is 3. The van der Waals surface area contributed by atoms with Gasteiger partial charge in [-0.25, -0.2) is 9.97 Å². The van der Waals surface area contributed by atoms with E-state index in [-0.39, 0.29) is 0 Å². The average molecular weight is 346 g/mol. The first-order valence-electron chi connectivity index (χ1n) is 8.20. The summed E-state index contributed by atoms with van der Waals surface area (Å²) in [6.07, 6.45) is 1.78. The Morgan fingerprint density at radius 2 is 1.84 bits per heavy atom. The highest BCUT2D eigenvalue weighted by Gasteiger charge is 2.16. The molecule has 0 bridgehead atoms. The van der Waals surface area contributed by atoms with Crippen molar-refractivity contribution in [3.05, 3.63) is 60.3 Å². The van der Waals surface area contributed by atoms with Gasteiger partial charge in [-0.1, -0.05) is 43.4 Å². The maximum atomic E-state index is 6.03. The van der Waals surface area contributed by atoms with Gasteiger partial charge >= 0.3 is 0 Å². The minimum Gasteiger partial charge on any atom is -0.375 e. The van der Waals surface area contributed by atoms with Crippen LogP contribution in [-0.4, -0.2) is 15.0 Å². The highest BCUT2D eigenvalue weighted by Crippen LogP contribution is 2.38. The lowest BCUT2D eigenvalue weighted by Crippen LogP contribution is -1.91. The molecule has 3 aromatic heterocycles. The number of thiazole rings is 1. The molecule has 1 aromatic carbocycles. The van der Waals surface area contributed by atoms with E-state index in [4.69, 9.17) is 10.7 Å². The Morgan fingerprint density at radius 1 is 0.960 bits per heavy atom. The number of pyridine rings is 2. The highest BCUT2D eigenvalue weighted by atomic mass is 32.1. The van der Waals surface area contributed by atoms with Crippen molar-refractivity contribution in [1.29, 1.82) is 0 Å². The normalized spacial score (nSPS) is 11.3. The number of hydrogen-bond acceptors (Lipinski definition) is 5. The molecular formula is C20H18N4S. The Kier molecular flexibility index (Phi) is 3.93. The quantitative estimate of drug-likeness (QED) is 0.559. The molecule has 0 saturated heterocycles. The van der Waals surface area contributed by atoms with E-state index in [0.29, 0.717) is 11.0 Å². The first-order valence-corrected chi connectivity index (χ1v) is 9.02. The summed E-state index contributed by atoms with van der Waals surface area (Å²) < 4.78 is 0. The van der Waals surface area contributed by atoms with Gasteiger partial charge in [-0.3, -0.25) is 4.98 Å². The summed E-state index contributed by atoms with van der Waals surface area (Å²) in [5, 5.41) is 0.549. The third-order valence-corrected chi connectivity index (χ3v) is 5.07. The molecule has 4 rings (SSSR count). The van der Waals surface area contributed by atoms with Gasteiger partial charge in [-0.15, -0.1) is 0 Å². The van der Waals surface area contributed by atoms with Crippen molar-refractivity contribution in [3.8, 4) is 21.8 Å². The Bertz CT molecular complexity index is 1050. The monoisotopic (exact) mass is 346 g/mol. The third-order valence-electron chi connectivity index (χ3n) is 4.16. The second-order valence-corrected chi connectivity index (χ2v) is 7.28. The van der Waals surface area contributed by atoms with Crippen LogP contribution >= 0.6 is 11.3 Å². The van der Waals surface area contributed by atoms with Crippen molar-refractivity contribution in [2.24, 2.45) is 0 Å². The average Bonchev–Trinajstić information content (AvgIpc) is 3.03. The van der Waals surface area contributed by atoms with Gasteiger partial charge in [0.25, 0.3) is 0 Å². The number of nitrogens with two attached hydrogens (primary N) is 1. The van der Waals surface area contributed by atoms with Crippen LogP contribution in [0, 0.1) is 0 Å². The number of benzene rings is 1. The molecule has 0 atom stereocenters. The molecule has 3 heterocycles. The zero-order valence-corrected chi connectivity index (χ0v) is 14.9. The van der Waals surface area contributed by atoms with Crippen LogP contribution in [0.2, 0.25) is 0 Å². The first-order chi connectivity index (χ1) is 12.1. The molecule has 4 nitrogen and oxygen atoms in total. The number of nitrogen functional groups attached to an aromatic ring is 1. The molecule has 0 aliphatic rings. The molecule has 0 spiro atoms. The Hall–Kier alpha value is -2.79. The van der Waals surface area contributed by atoms with Crippen LogP contribution in [0.5, 0.6) is 0 Å². The molecule has 124 valence electrons. The summed E-state index contributed by atoms with van der Waals surface area (Å²) >= 11 is 1.47. The molecule has 0 saturated carbocycles. The Balaban J connectivity index is 1.87. The number of aromatic nitrogens is 3. The predicted octanol–water partition coefficient (Wildman–Crippen LogP) is 5.13. The van der Waals surface area contributed by atoms with E-state index in [1.54, 1.807) is 6.20 Å². The summed E-state index contributed by atoms with van der Waals surface area (Å²) in [7, 11) is 0. The SMILES string of the molecule is CC(C)c1cccc(-c2nc(N)sc2-c2ccc3ncccc3n2)c1. The van der Waals surface area contributed by atoms with E-state index in [1.807, 2.05) is 24.3 Å². The maximum Gasteiger partial charge on any atom is 0.181 e. The lowest BCUT2D eigenvalue weighted by atomic mass is 9.99. The maximum absolute atomic E-state index is 6.03. The van der Waals surface area contributed by atoms with Gasteiger partial charge in [0.15, 0.2) is 5.13 Å². The molecule has 0 aliphatic carbocycles. The number of hydrogen-bond donors (Lipinski definition) is 1. The zero-order chi connectivity index (χ0) is 17.4. The van der Waals surface area contributed by atoms with Gasteiger partial charge in [-0.2, -0.15) is 0 Å². The summed E-state index contributed by atoms with van der Waals surface area (Å²) in [6, 6.07) is 16.3. The summed E-state index contributed by atoms with van der Waals surface area (Å²) in [4.78, 5) is 14.7. The van der Waals surface area contributed by atoms with Crippen molar-refractivity contribution in [3.63, 3.8) is 0 Å². The van der Waals surface area contributed by atoms with Crippen LogP contribution in [0.15, 0.2) is 54.7 Å². The van der Waals surface area contributed by atoms with Gasteiger partial charge in [0, 0.05) is 11.8 Å². The lowest BCUT2D eigenvalue weighted by molar-refractivity contribution is 0.867. The molecule has 0 aliphatic heterocycles. The van der Waals surface area contributed by atoms with E-state index >= 15 is 0 Å². The van der Waals surface area contributed by atoms with Crippen LogP contribution < -0.4 is 5.73 Å². The first kappa shape index (κ1) is 15.7. The number of rotatable bonds is 3. The van der Waals surface area contributed by atoms with E-state index in [1.165, 1.54) is 16.9 Å². The topological polar surface area (TPSA) is 64.7 Å².